The van der Waals surface area contributed by atoms with E-state index < -0.39 is 322 Å². The highest BCUT2D eigenvalue weighted by Gasteiger charge is 2.61. The molecule has 0 bridgehead atoms. The zero-order valence-electron chi connectivity index (χ0n) is 54.3. The molecule has 4 amide bonds. The van der Waals surface area contributed by atoms with Crippen molar-refractivity contribution in [2.24, 2.45) is 0 Å². The van der Waals surface area contributed by atoms with Gasteiger partial charge in [0.2, 0.25) is 23.6 Å². The molecule has 1 unspecified atom stereocenters. The van der Waals surface area contributed by atoms with Crippen molar-refractivity contribution in [3.63, 3.8) is 0 Å². The molecule has 0 spiro atoms. The molecular formula is C56H94N4O41. The number of hydrogen-bond acceptors (Lipinski definition) is 41. The molecule has 8 fully saturated rings. The van der Waals surface area contributed by atoms with Gasteiger partial charge < -0.3 is 205 Å². The molecule has 26 N–H and O–H groups in total. The highest BCUT2D eigenvalue weighted by Crippen LogP contribution is 2.40. The molecule has 0 radical (unpaired) electrons. The molecule has 45 heteroatoms. The van der Waals surface area contributed by atoms with Gasteiger partial charge >= 0.3 is 0 Å². The third-order valence-corrected chi connectivity index (χ3v) is 18.3. The minimum Gasteiger partial charge on any atom is -0.394 e. The van der Waals surface area contributed by atoms with Crippen LogP contribution in [-0.2, 0) is 90.2 Å². The van der Waals surface area contributed by atoms with Crippen molar-refractivity contribution >= 4 is 23.6 Å². The lowest BCUT2D eigenvalue weighted by Gasteiger charge is -2.52. The van der Waals surface area contributed by atoms with Crippen LogP contribution in [-0.4, -0.2) is 434 Å². The summed E-state index contributed by atoms with van der Waals surface area (Å²) in [6.45, 7) is -4.96. The number of aliphatic hydroxyl groups is 22. The molecule has 101 heavy (non-hydrogen) atoms. The molecule has 0 aromatic heterocycles. The van der Waals surface area contributed by atoms with E-state index in [1.54, 1.807) is 0 Å². The molecule has 0 aromatic rings. The summed E-state index contributed by atoms with van der Waals surface area (Å²) in [7, 11) is 0. The first-order valence-corrected chi connectivity index (χ1v) is 32.1. The van der Waals surface area contributed by atoms with Crippen LogP contribution in [0.5, 0.6) is 0 Å². The molecule has 8 saturated heterocycles. The fraction of sp³-hybridized carbons (Fsp3) is 0.929. The normalized spacial score (nSPS) is 48.3. The van der Waals surface area contributed by atoms with E-state index in [4.69, 9.17) is 71.1 Å². The molecule has 0 aromatic carbocycles. The van der Waals surface area contributed by atoms with Crippen LogP contribution in [0.4, 0.5) is 0 Å². The second kappa shape index (κ2) is 36.3. The minimum atomic E-state index is -2.58. The zero-order valence-corrected chi connectivity index (χ0v) is 54.3. The van der Waals surface area contributed by atoms with Crippen LogP contribution in [0.25, 0.3) is 0 Å². The van der Waals surface area contributed by atoms with Crippen molar-refractivity contribution in [2.45, 2.75) is 273 Å². The van der Waals surface area contributed by atoms with Gasteiger partial charge in [-0.25, -0.2) is 0 Å². The lowest BCUT2D eigenvalue weighted by molar-refractivity contribution is -0.406. The Morgan fingerprint density at radius 1 is 0.257 bits per heavy atom. The topological polar surface area (TPSA) is 700 Å². The van der Waals surface area contributed by atoms with E-state index in [1.807, 2.05) is 0 Å². The molecule has 40 atom stereocenters. The molecule has 45 nitrogen and oxygen atoms in total. The third kappa shape index (κ3) is 18.5. The molecule has 584 valence electrons. The first-order chi connectivity index (χ1) is 47.8. The molecular weight excluding hydrogens is 1380 g/mol. The van der Waals surface area contributed by atoms with Crippen LogP contribution in [0, 0.1) is 0 Å². The van der Waals surface area contributed by atoms with Gasteiger partial charge in [-0.2, -0.15) is 0 Å². The van der Waals surface area contributed by atoms with E-state index in [0.717, 1.165) is 27.7 Å². The SMILES string of the molecule is CC(=O)N[C@H]1[C@H](O[C@@H]2[C@@H](OC[C@H]3O[C@H](O[C@H]4[C@H](O)[C@@H](NC(C)=O)C(O)O[C@@H]4CO)[C@@H](O)[C@@H](O[C@H]4O[C@H](CO)[C@@H](O)[C@H](O)[C@@H]4O[C@@H]4O[C@H](CO)[C@@H](O)[C@H](O)[C@H]4NC(C)=O)[C@@H]3O[C@@H]3O[C@H](CO)[C@@H](O)[C@H](O)[C@H]3NC(C)=O)O[C@H](CO)[C@@H](O)[C@@H]2O)O[C@H](CO)[C@@H](O[C@@H]2O[C@H](CO)[C@H](O)[C@H](O)[C@H]2O)[C@@H]1O. The highest BCUT2D eigenvalue weighted by molar-refractivity contribution is 5.74. The summed E-state index contributed by atoms with van der Waals surface area (Å²) in [6.07, 6.45) is -75.5. The predicted molar refractivity (Wildman–Crippen MR) is 311 cm³/mol. The number of nitrogens with one attached hydrogen (secondary N) is 4. The van der Waals surface area contributed by atoms with Crippen LogP contribution >= 0.6 is 0 Å². The number of aliphatic hydroxyl groups excluding tert-OH is 22. The quantitative estimate of drug-likeness (QED) is 0.0382. The molecule has 8 heterocycles. The number of amides is 4. The Hall–Kier alpha value is -3.60. The fourth-order valence-corrected chi connectivity index (χ4v) is 13.0. The molecule has 8 aliphatic rings. The molecule has 0 aliphatic carbocycles. The monoisotopic (exact) mass is 1480 g/mol. The van der Waals surface area contributed by atoms with Crippen molar-refractivity contribution in [2.75, 3.05) is 52.9 Å². The second-order valence-corrected chi connectivity index (χ2v) is 25.4. The van der Waals surface area contributed by atoms with Gasteiger partial charge in [0.1, 0.15) is 195 Å². The third-order valence-electron chi connectivity index (χ3n) is 18.3. The average Bonchev–Trinajstić information content (AvgIpc) is 0.764. The maximum absolute atomic E-state index is 12.9. The maximum atomic E-state index is 12.9. The van der Waals surface area contributed by atoms with Crippen molar-refractivity contribution in [1.29, 1.82) is 0 Å². The Morgan fingerprint density at radius 3 is 0.970 bits per heavy atom. The zero-order chi connectivity index (χ0) is 74.5. The van der Waals surface area contributed by atoms with Gasteiger partial charge in [0.05, 0.1) is 52.9 Å². The number of carbonyl (C=O) groups excluding carboxylic acids is 4. The Kier molecular flexibility index (Phi) is 29.9. The van der Waals surface area contributed by atoms with E-state index in [1.165, 1.54) is 0 Å². The van der Waals surface area contributed by atoms with E-state index in [0.29, 0.717) is 0 Å². The predicted octanol–water partition coefficient (Wildman–Crippen LogP) is -17.9. The Morgan fingerprint density at radius 2 is 0.545 bits per heavy atom. The van der Waals surface area contributed by atoms with Gasteiger partial charge in [0.15, 0.2) is 50.3 Å². The summed E-state index contributed by atoms with van der Waals surface area (Å²) >= 11 is 0. The fourth-order valence-electron chi connectivity index (χ4n) is 13.0. The molecule has 8 aliphatic heterocycles. The van der Waals surface area contributed by atoms with E-state index in [9.17, 15) is 132 Å². The minimum absolute atomic E-state index is 0.859. The summed E-state index contributed by atoms with van der Waals surface area (Å²) in [5.41, 5.74) is 0. The number of ether oxygens (including phenoxy) is 15. The highest BCUT2D eigenvalue weighted by atomic mass is 16.8. The van der Waals surface area contributed by atoms with Crippen molar-refractivity contribution in [1.82, 2.24) is 21.3 Å². The van der Waals surface area contributed by atoms with Gasteiger partial charge in [-0.05, 0) is 0 Å². The van der Waals surface area contributed by atoms with Crippen molar-refractivity contribution < 1.29 is 203 Å². The Bertz CT molecular complexity index is 2640. The number of rotatable bonds is 26. The molecule has 0 saturated carbocycles. The molecule has 8 rings (SSSR count). The van der Waals surface area contributed by atoms with Crippen LogP contribution in [0.1, 0.15) is 27.7 Å². The van der Waals surface area contributed by atoms with Gasteiger partial charge in [-0.3, -0.25) is 19.2 Å². The first kappa shape index (κ1) is 83.0. The van der Waals surface area contributed by atoms with Crippen molar-refractivity contribution in [3.05, 3.63) is 0 Å². The summed E-state index contributed by atoms with van der Waals surface area (Å²) in [5.74, 6) is -3.61. The van der Waals surface area contributed by atoms with Gasteiger partial charge in [0.25, 0.3) is 0 Å². The number of hydrogen-bond donors (Lipinski definition) is 26. The smallest absolute Gasteiger partial charge is 0.217 e. The van der Waals surface area contributed by atoms with Gasteiger partial charge in [0, 0.05) is 27.7 Å². The van der Waals surface area contributed by atoms with Crippen LogP contribution in [0.2, 0.25) is 0 Å². The van der Waals surface area contributed by atoms with Crippen molar-refractivity contribution in [3.8, 4) is 0 Å². The number of carbonyl (C=O) groups is 4. The van der Waals surface area contributed by atoms with E-state index >= 15 is 0 Å². The van der Waals surface area contributed by atoms with E-state index in [2.05, 4.69) is 21.3 Å². The largest absolute Gasteiger partial charge is 0.394 e. The lowest BCUT2D eigenvalue weighted by atomic mass is 9.94. The maximum Gasteiger partial charge on any atom is 0.217 e. The average molecular weight is 1480 g/mol. The second-order valence-electron chi connectivity index (χ2n) is 25.4. The van der Waals surface area contributed by atoms with Crippen LogP contribution < -0.4 is 21.3 Å². The first-order valence-electron chi connectivity index (χ1n) is 32.1. The van der Waals surface area contributed by atoms with Crippen LogP contribution in [0.15, 0.2) is 0 Å². The lowest BCUT2D eigenvalue weighted by Crippen LogP contribution is -2.71. The Balaban J connectivity index is 1.23. The van der Waals surface area contributed by atoms with Gasteiger partial charge in [-0.1, -0.05) is 0 Å². The van der Waals surface area contributed by atoms with E-state index in [-0.39, 0.29) is 0 Å². The standard InChI is InChI=1S/C56H94N4O41/c1-13(68)57-25-36(79)43(22(10-66)88-49(25)86)97-54-42(85)46(99-56-48(40(83)33(76)21(9-65)93-56)101-51-27(59-15(3)70)35(78)30(73)18(6-62)90-51)45(98-50-26(58-14(2)69)34(77)29(72)17(5-61)89-50)24(95-54)12-87-55-47(39(82)32(75)20(8-64)92-55)100-52-28(60-16(4)71)37(80)44(23(11-67)94-52)96-53-41(84)38(81)31(74)19(7-63)91-53/h17-56,61-67,72-86H,5-12H2,1-4H3,(H,57,68)(H,58,69)(H,59,70)(H,60,71)/t17-,18-,19-,20-,21-,22-,23-,24-,25-,26-,27-,28-,29-,30-,31+,32-,33-,34-,35-,36-,37-,38+,39+,40+,41-,42+,43-,44-,45-,46-,47+,48+,49?,50+,51+,52+,53+,54-,55+,56-/m1/s1. The summed E-state index contributed by atoms with van der Waals surface area (Å²) < 4.78 is 90.4. The Labute approximate surface area is 572 Å². The van der Waals surface area contributed by atoms with Gasteiger partial charge in [-0.15, -0.1) is 0 Å². The van der Waals surface area contributed by atoms with Crippen LogP contribution in [0.3, 0.4) is 0 Å². The summed E-state index contributed by atoms with van der Waals surface area (Å²) in [4.78, 5) is 50.7. The summed E-state index contributed by atoms with van der Waals surface area (Å²) in [6, 6.07) is -7.43. The summed E-state index contributed by atoms with van der Waals surface area (Å²) in [5, 5.41) is 253.